The fourth-order valence-electron chi connectivity index (χ4n) is 3.60. The van der Waals surface area contributed by atoms with E-state index in [1.807, 2.05) is 23.7 Å². The van der Waals surface area contributed by atoms with Crippen molar-refractivity contribution in [3.8, 4) is 6.07 Å². The maximum Gasteiger partial charge on any atom is 0.160 e. The van der Waals surface area contributed by atoms with Crippen molar-refractivity contribution >= 4 is 45.7 Å². The number of fused-ring (bicyclic) bond motifs is 1. The predicted molar refractivity (Wildman–Crippen MR) is 134 cm³/mol. The summed E-state index contributed by atoms with van der Waals surface area (Å²) in [6.45, 7) is 9.14. The maximum atomic E-state index is 9.36. The van der Waals surface area contributed by atoms with Crippen LogP contribution in [0.2, 0.25) is 10.3 Å². The first-order valence-corrected chi connectivity index (χ1v) is 11.6. The molecule has 0 bridgehead atoms. The average molecular weight is 487 g/mol. The van der Waals surface area contributed by atoms with Gasteiger partial charge < -0.3 is 5.32 Å². The molecule has 0 saturated heterocycles. The van der Waals surface area contributed by atoms with Crippen LogP contribution in [0.25, 0.3) is 11.0 Å². The molecule has 174 valence electrons. The van der Waals surface area contributed by atoms with Gasteiger partial charge in [0.1, 0.15) is 21.9 Å². The van der Waals surface area contributed by atoms with E-state index in [4.69, 9.17) is 28.2 Å². The van der Waals surface area contributed by atoms with E-state index >= 15 is 0 Å². The highest BCUT2D eigenvalue weighted by Crippen LogP contribution is 2.30. The molecule has 0 fully saturated rings. The van der Waals surface area contributed by atoms with Crippen molar-refractivity contribution in [3.05, 3.63) is 51.7 Å². The van der Waals surface area contributed by atoms with Crippen LogP contribution >= 0.6 is 23.2 Å². The van der Waals surface area contributed by atoms with E-state index in [-0.39, 0.29) is 10.3 Å². The van der Waals surface area contributed by atoms with Crippen molar-refractivity contribution < 1.29 is 0 Å². The fourth-order valence-corrected chi connectivity index (χ4v) is 4.06. The molecule has 0 saturated carbocycles. The molecule has 0 aromatic carbocycles. The zero-order valence-corrected chi connectivity index (χ0v) is 21.0. The van der Waals surface area contributed by atoms with Crippen LogP contribution in [0.15, 0.2) is 30.1 Å². The zero-order valence-electron chi connectivity index (χ0n) is 19.4. The molecule has 0 radical (unpaired) electrons. The molecule has 2 N–H and O–H groups in total. The van der Waals surface area contributed by atoms with Crippen molar-refractivity contribution in [2.75, 3.05) is 16.9 Å². The van der Waals surface area contributed by atoms with Gasteiger partial charge in [-0.15, -0.1) is 0 Å². The quantitative estimate of drug-likeness (QED) is 0.227. The molecule has 0 aliphatic carbocycles. The van der Waals surface area contributed by atoms with Gasteiger partial charge in [-0.25, -0.2) is 9.97 Å². The minimum atomic E-state index is 0.254. The Hall–Kier alpha value is -3.02. The number of hydrogen-bond donors (Lipinski definition) is 2. The molecule has 8 nitrogen and oxygen atoms in total. The molecule has 0 aliphatic heterocycles. The van der Waals surface area contributed by atoms with Gasteiger partial charge in [0.2, 0.25) is 0 Å². The van der Waals surface area contributed by atoms with Gasteiger partial charge in [0.05, 0.1) is 17.8 Å². The maximum absolute atomic E-state index is 9.36. The molecule has 0 amide bonds. The van der Waals surface area contributed by atoms with Crippen molar-refractivity contribution in [1.29, 1.82) is 5.26 Å². The number of unbranched alkanes of at least 4 members (excludes halogenated alkanes) is 1. The number of halogens is 2. The number of aromatic nitrogens is 4. The summed E-state index contributed by atoms with van der Waals surface area (Å²) in [7, 11) is 1.90. The summed E-state index contributed by atoms with van der Waals surface area (Å²) in [6.07, 6.45) is 3.32. The second-order valence-corrected chi connectivity index (χ2v) is 8.84. The number of nitrogens with zero attached hydrogens (tertiary/aromatic N) is 6. The van der Waals surface area contributed by atoms with E-state index in [1.165, 1.54) is 11.6 Å². The lowest BCUT2D eigenvalue weighted by Gasteiger charge is -2.28. The van der Waals surface area contributed by atoms with Crippen LogP contribution < -0.4 is 15.8 Å². The highest BCUT2D eigenvalue weighted by molar-refractivity contribution is 6.32. The minimum Gasteiger partial charge on any atom is -0.340 e. The number of hydrogen-bond acceptors (Lipinski definition) is 7. The third kappa shape index (κ3) is 5.86. The lowest BCUT2D eigenvalue weighted by Crippen LogP contribution is -2.41. The summed E-state index contributed by atoms with van der Waals surface area (Å²) in [5, 5.41) is 20.6. The standard InChI is InChI=1S/C23H28Cl2N8/c1-6-7-10-33(31-20(8-9-26)27-16-11-18(24)28-19(25)12-16)21-13-17(14(2)3)22-15(4)30-32(5)23(22)29-21/h8,11-14,31H,6-7,10H2,1-5H3,(H,27,28)/b20-8-. The Labute approximate surface area is 204 Å². The van der Waals surface area contributed by atoms with E-state index in [1.54, 1.807) is 12.1 Å². The summed E-state index contributed by atoms with van der Waals surface area (Å²) >= 11 is 12.1. The largest absolute Gasteiger partial charge is 0.340 e. The molecular weight excluding hydrogens is 459 g/mol. The molecule has 0 unspecified atom stereocenters. The molecule has 3 rings (SSSR count). The van der Waals surface area contributed by atoms with Crippen molar-refractivity contribution in [3.63, 3.8) is 0 Å². The molecule has 0 aliphatic rings. The molecule has 3 aromatic heterocycles. The summed E-state index contributed by atoms with van der Waals surface area (Å²) < 4.78 is 1.81. The van der Waals surface area contributed by atoms with E-state index in [9.17, 15) is 5.26 Å². The smallest absolute Gasteiger partial charge is 0.160 e. The lowest BCUT2D eigenvalue weighted by molar-refractivity contribution is 0.650. The summed E-state index contributed by atoms with van der Waals surface area (Å²) in [6, 6.07) is 7.43. The number of allylic oxidation sites excluding steroid dienone is 1. The van der Waals surface area contributed by atoms with E-state index < -0.39 is 0 Å². The van der Waals surface area contributed by atoms with E-state index in [2.05, 4.69) is 53.7 Å². The van der Waals surface area contributed by atoms with Gasteiger partial charge in [-0.05, 0) is 43.0 Å². The lowest BCUT2D eigenvalue weighted by atomic mass is 9.99. The molecule has 3 heterocycles. The first kappa shape index (κ1) is 24.6. The third-order valence-corrected chi connectivity index (χ3v) is 5.51. The summed E-state index contributed by atoms with van der Waals surface area (Å²) in [5.41, 5.74) is 6.88. The Bertz CT molecular complexity index is 1190. The fraction of sp³-hybridized carbons (Fsp3) is 0.391. The first-order chi connectivity index (χ1) is 15.7. The number of pyridine rings is 2. The number of nitriles is 1. The Morgan fingerprint density at radius 3 is 2.55 bits per heavy atom. The number of anilines is 2. The van der Waals surface area contributed by atoms with Crippen LogP contribution in [-0.4, -0.2) is 26.3 Å². The van der Waals surface area contributed by atoms with Crippen molar-refractivity contribution in [2.24, 2.45) is 7.05 Å². The summed E-state index contributed by atoms with van der Waals surface area (Å²) in [5.74, 6) is 1.50. The average Bonchev–Trinajstić information content (AvgIpc) is 3.03. The van der Waals surface area contributed by atoms with Crippen LogP contribution in [0.5, 0.6) is 0 Å². The Kier molecular flexibility index (Phi) is 8.01. The monoisotopic (exact) mass is 486 g/mol. The van der Waals surface area contributed by atoms with Crippen molar-refractivity contribution in [2.45, 2.75) is 46.5 Å². The molecule has 0 spiro atoms. The van der Waals surface area contributed by atoms with Crippen LogP contribution in [0.4, 0.5) is 11.5 Å². The predicted octanol–water partition coefficient (Wildman–Crippen LogP) is 5.69. The Balaban J connectivity index is 2.02. The minimum absolute atomic E-state index is 0.254. The highest BCUT2D eigenvalue weighted by Gasteiger charge is 2.19. The van der Waals surface area contributed by atoms with Gasteiger partial charge >= 0.3 is 0 Å². The molecule has 3 aromatic rings. The number of rotatable bonds is 9. The van der Waals surface area contributed by atoms with E-state index in [0.29, 0.717) is 24.0 Å². The Morgan fingerprint density at radius 2 is 1.94 bits per heavy atom. The van der Waals surface area contributed by atoms with Crippen LogP contribution in [0.1, 0.15) is 50.8 Å². The second-order valence-electron chi connectivity index (χ2n) is 8.06. The van der Waals surface area contributed by atoms with Gasteiger partial charge in [0.25, 0.3) is 0 Å². The number of nitrogens with one attached hydrogen (secondary N) is 2. The molecule has 33 heavy (non-hydrogen) atoms. The normalized spacial score (nSPS) is 11.7. The molecular formula is C23H28Cl2N8. The van der Waals surface area contributed by atoms with Gasteiger partial charge in [-0.1, -0.05) is 50.4 Å². The topological polar surface area (TPSA) is 94.7 Å². The first-order valence-electron chi connectivity index (χ1n) is 10.8. The van der Waals surface area contributed by atoms with Crippen molar-refractivity contribution in [1.82, 2.24) is 25.2 Å². The van der Waals surface area contributed by atoms with Crippen LogP contribution in [0.3, 0.4) is 0 Å². The number of hydrazine groups is 1. The van der Waals surface area contributed by atoms with E-state index in [0.717, 1.165) is 35.4 Å². The second kappa shape index (κ2) is 10.7. The van der Waals surface area contributed by atoms with Gasteiger partial charge in [-0.2, -0.15) is 10.4 Å². The van der Waals surface area contributed by atoms with Crippen LogP contribution in [-0.2, 0) is 7.05 Å². The zero-order chi connectivity index (χ0) is 24.1. The third-order valence-electron chi connectivity index (χ3n) is 5.13. The van der Waals surface area contributed by atoms with Crippen LogP contribution in [0, 0.1) is 18.3 Å². The highest BCUT2D eigenvalue weighted by atomic mass is 35.5. The number of aryl methyl sites for hydroxylation is 2. The molecule has 0 atom stereocenters. The van der Waals surface area contributed by atoms with Gasteiger partial charge in [0, 0.05) is 24.7 Å². The summed E-state index contributed by atoms with van der Waals surface area (Å²) in [4.78, 5) is 8.87. The van der Waals surface area contributed by atoms with Gasteiger partial charge in [-0.3, -0.25) is 15.1 Å². The SMILES string of the molecule is CCCCN(N/C(=C\C#N)Nc1cc(Cl)nc(Cl)c1)c1cc(C(C)C)c2c(C)nn(C)c2n1. The Morgan fingerprint density at radius 1 is 1.24 bits per heavy atom. The van der Waals surface area contributed by atoms with Gasteiger partial charge in [0.15, 0.2) is 5.65 Å². The molecule has 10 heteroatoms.